The van der Waals surface area contributed by atoms with Gasteiger partial charge >= 0.3 is 0 Å². The summed E-state index contributed by atoms with van der Waals surface area (Å²) in [6.07, 6.45) is 1.77. The fourth-order valence-corrected chi connectivity index (χ4v) is 2.47. The summed E-state index contributed by atoms with van der Waals surface area (Å²) in [4.78, 5) is 16.4. The Morgan fingerprint density at radius 2 is 2.25 bits per heavy atom. The maximum atomic E-state index is 11.6. The summed E-state index contributed by atoms with van der Waals surface area (Å²) in [5.74, 6) is -0.118. The van der Waals surface area contributed by atoms with Crippen molar-refractivity contribution in [3.05, 3.63) is 34.5 Å². The number of thiocarbonyl (C=S) groups is 1. The van der Waals surface area contributed by atoms with Gasteiger partial charge in [-0.25, -0.2) is 0 Å². The number of nitrogens with zero attached hydrogens (tertiary/aromatic N) is 1. The molecule has 1 aromatic heterocycles. The molecule has 1 N–H and O–H groups in total. The van der Waals surface area contributed by atoms with Crippen molar-refractivity contribution in [1.29, 1.82) is 0 Å². The van der Waals surface area contributed by atoms with Crippen LogP contribution in [0.5, 0.6) is 0 Å². The molecule has 5 heteroatoms. The molecule has 1 aliphatic heterocycles. The molecule has 0 radical (unpaired) electrons. The van der Waals surface area contributed by atoms with Gasteiger partial charge in [0.2, 0.25) is 0 Å². The number of carbonyl (C=O) groups excluding carboxylic acids is 1. The second kappa shape index (κ2) is 4.35. The largest absolute Gasteiger partial charge is 0.307 e. The van der Waals surface area contributed by atoms with Crippen molar-refractivity contribution in [2.75, 3.05) is 0 Å². The highest BCUT2D eigenvalue weighted by atomic mass is 32.2. The highest BCUT2D eigenvalue weighted by molar-refractivity contribution is 8.26. The molecule has 0 bridgehead atoms. The lowest BCUT2D eigenvalue weighted by molar-refractivity contribution is -0.115. The van der Waals surface area contributed by atoms with E-state index < -0.39 is 0 Å². The number of aryl methyl sites for hydroxylation is 1. The summed E-state index contributed by atoms with van der Waals surface area (Å²) in [6.45, 7) is 3.83. The minimum absolute atomic E-state index is 0.118. The van der Waals surface area contributed by atoms with E-state index in [9.17, 15) is 4.79 Å². The van der Waals surface area contributed by atoms with Gasteiger partial charge in [-0.1, -0.05) is 30.0 Å². The molecule has 82 valence electrons. The third-order valence-electron chi connectivity index (χ3n) is 2.30. The summed E-state index contributed by atoms with van der Waals surface area (Å²) < 4.78 is 0.513. The van der Waals surface area contributed by atoms with Crippen LogP contribution in [0.3, 0.4) is 0 Å². The standard InChI is InChI=1S/C11H10N2OS2/c1-6-3-4-8(5-12-6)7(2)9-10(14)13-11(15)16-9/h3-5H,1-2H3,(H,13,14,15)/b9-7-. The third-order valence-corrected chi connectivity index (χ3v) is 3.64. The van der Waals surface area contributed by atoms with Crippen LogP contribution in [0.4, 0.5) is 0 Å². The fraction of sp³-hybridized carbons (Fsp3) is 0.182. The number of pyridine rings is 1. The molecule has 3 nitrogen and oxygen atoms in total. The number of rotatable bonds is 1. The molecule has 2 heterocycles. The Balaban J connectivity index is 2.41. The van der Waals surface area contributed by atoms with Gasteiger partial charge in [0.15, 0.2) is 0 Å². The van der Waals surface area contributed by atoms with Gasteiger partial charge < -0.3 is 5.32 Å². The van der Waals surface area contributed by atoms with E-state index in [1.807, 2.05) is 26.0 Å². The first-order valence-corrected chi connectivity index (χ1v) is 5.97. The van der Waals surface area contributed by atoms with Gasteiger partial charge in [-0.2, -0.15) is 0 Å². The van der Waals surface area contributed by atoms with Crippen molar-refractivity contribution in [1.82, 2.24) is 10.3 Å². The molecule has 16 heavy (non-hydrogen) atoms. The van der Waals surface area contributed by atoms with E-state index in [0.717, 1.165) is 16.8 Å². The van der Waals surface area contributed by atoms with Crippen LogP contribution in [-0.2, 0) is 4.79 Å². The maximum absolute atomic E-state index is 11.6. The molecule has 1 amide bonds. The SMILES string of the molecule is C/C(=C1/SC(=S)NC1=O)c1ccc(C)nc1. The quantitative estimate of drug-likeness (QED) is 0.613. The first kappa shape index (κ1) is 11.3. The molecule has 0 unspecified atom stereocenters. The number of hydrogen-bond donors (Lipinski definition) is 1. The van der Waals surface area contributed by atoms with E-state index in [1.165, 1.54) is 11.8 Å². The van der Waals surface area contributed by atoms with Crippen molar-refractivity contribution < 1.29 is 4.79 Å². The maximum Gasteiger partial charge on any atom is 0.263 e. The van der Waals surface area contributed by atoms with Crippen LogP contribution in [0.1, 0.15) is 18.2 Å². The Bertz CT molecular complexity index is 491. The zero-order valence-corrected chi connectivity index (χ0v) is 10.5. The van der Waals surface area contributed by atoms with Crippen molar-refractivity contribution in [2.45, 2.75) is 13.8 Å². The summed E-state index contributed by atoms with van der Waals surface area (Å²) in [6, 6.07) is 3.88. The van der Waals surface area contributed by atoms with Gasteiger partial charge in [-0.05, 0) is 31.1 Å². The van der Waals surface area contributed by atoms with Gasteiger partial charge in [-0.3, -0.25) is 9.78 Å². The zero-order chi connectivity index (χ0) is 11.7. The normalized spacial score (nSPS) is 18.6. The number of allylic oxidation sites excluding steroid dienone is 1. The summed E-state index contributed by atoms with van der Waals surface area (Å²) >= 11 is 6.25. The van der Waals surface area contributed by atoms with Crippen molar-refractivity contribution in [3.63, 3.8) is 0 Å². The van der Waals surface area contributed by atoms with Gasteiger partial charge in [0.05, 0.1) is 4.91 Å². The molecule has 0 atom stereocenters. The number of carbonyl (C=O) groups is 1. The molecule has 1 aromatic rings. The van der Waals surface area contributed by atoms with E-state index in [4.69, 9.17) is 12.2 Å². The minimum atomic E-state index is -0.118. The first-order chi connectivity index (χ1) is 7.58. The van der Waals surface area contributed by atoms with E-state index in [1.54, 1.807) is 6.20 Å². The molecule has 1 aliphatic rings. The van der Waals surface area contributed by atoms with Crippen LogP contribution in [0.25, 0.3) is 5.57 Å². The number of nitrogens with one attached hydrogen (secondary N) is 1. The summed E-state index contributed by atoms with van der Waals surface area (Å²) in [5, 5.41) is 2.61. The van der Waals surface area contributed by atoms with Crippen molar-refractivity contribution in [2.24, 2.45) is 0 Å². The monoisotopic (exact) mass is 250 g/mol. The molecule has 1 fully saturated rings. The van der Waals surface area contributed by atoms with Crippen LogP contribution in [-0.4, -0.2) is 15.2 Å². The van der Waals surface area contributed by atoms with E-state index in [0.29, 0.717) is 9.23 Å². The average molecular weight is 250 g/mol. The smallest absolute Gasteiger partial charge is 0.263 e. The predicted molar refractivity (Wildman–Crippen MR) is 69.9 cm³/mol. The fourth-order valence-electron chi connectivity index (χ4n) is 1.38. The Hall–Kier alpha value is -1.20. The minimum Gasteiger partial charge on any atom is -0.307 e. The van der Waals surface area contributed by atoms with Crippen LogP contribution in [0.15, 0.2) is 23.2 Å². The lowest BCUT2D eigenvalue weighted by Crippen LogP contribution is -2.18. The second-order valence-corrected chi connectivity index (χ2v) is 5.17. The Morgan fingerprint density at radius 3 is 2.75 bits per heavy atom. The third kappa shape index (κ3) is 2.15. The van der Waals surface area contributed by atoms with Crippen molar-refractivity contribution in [3.8, 4) is 0 Å². The Labute approximate surface area is 103 Å². The summed E-state index contributed by atoms with van der Waals surface area (Å²) in [5.41, 5.74) is 2.82. The Morgan fingerprint density at radius 1 is 1.50 bits per heavy atom. The second-order valence-electron chi connectivity index (χ2n) is 3.49. The van der Waals surface area contributed by atoms with Crippen LogP contribution < -0.4 is 5.32 Å². The van der Waals surface area contributed by atoms with E-state index >= 15 is 0 Å². The topological polar surface area (TPSA) is 42.0 Å². The van der Waals surface area contributed by atoms with Crippen LogP contribution in [0.2, 0.25) is 0 Å². The molecule has 0 aromatic carbocycles. The Kier molecular flexibility index (Phi) is 3.07. The number of aromatic nitrogens is 1. The van der Waals surface area contributed by atoms with Crippen LogP contribution in [0, 0.1) is 6.92 Å². The van der Waals surface area contributed by atoms with E-state index in [-0.39, 0.29) is 5.91 Å². The highest BCUT2D eigenvalue weighted by Gasteiger charge is 2.24. The highest BCUT2D eigenvalue weighted by Crippen LogP contribution is 2.31. The van der Waals surface area contributed by atoms with E-state index in [2.05, 4.69) is 10.3 Å². The molecular weight excluding hydrogens is 240 g/mol. The predicted octanol–water partition coefficient (Wildman–Crippen LogP) is 2.27. The molecule has 2 rings (SSSR count). The molecule has 0 aliphatic carbocycles. The number of amides is 1. The number of hydrogen-bond acceptors (Lipinski definition) is 4. The molecule has 1 saturated heterocycles. The lowest BCUT2D eigenvalue weighted by Gasteiger charge is -2.03. The molecular formula is C11H10N2OS2. The molecule has 0 spiro atoms. The molecule has 0 saturated carbocycles. The van der Waals surface area contributed by atoms with Crippen LogP contribution >= 0.6 is 24.0 Å². The van der Waals surface area contributed by atoms with Gasteiger partial charge in [0.25, 0.3) is 5.91 Å². The van der Waals surface area contributed by atoms with Gasteiger partial charge in [0.1, 0.15) is 4.32 Å². The lowest BCUT2D eigenvalue weighted by atomic mass is 10.1. The van der Waals surface area contributed by atoms with Crippen molar-refractivity contribution >= 4 is 39.8 Å². The summed E-state index contributed by atoms with van der Waals surface area (Å²) in [7, 11) is 0. The van der Waals surface area contributed by atoms with Gasteiger partial charge in [0, 0.05) is 11.9 Å². The first-order valence-electron chi connectivity index (χ1n) is 4.75. The number of thioether (sulfide) groups is 1. The van der Waals surface area contributed by atoms with Gasteiger partial charge in [-0.15, -0.1) is 0 Å². The average Bonchev–Trinajstić information content (AvgIpc) is 2.58. The zero-order valence-electron chi connectivity index (χ0n) is 8.90.